The molecule has 106 valence electrons. The molecule has 0 N–H and O–H groups in total. The van der Waals surface area contributed by atoms with E-state index < -0.39 is 0 Å². The summed E-state index contributed by atoms with van der Waals surface area (Å²) in [6, 6.07) is 4.87. The number of nitrogens with zero attached hydrogens (tertiary/aromatic N) is 3. The number of fused-ring (bicyclic) bond motifs is 1. The molecule has 1 saturated carbocycles. The maximum absolute atomic E-state index is 9.48. The predicted molar refractivity (Wildman–Crippen MR) is 80.8 cm³/mol. The molecule has 0 aromatic carbocycles. The maximum atomic E-state index is 9.48. The molecule has 1 fully saturated rings. The highest BCUT2D eigenvalue weighted by Gasteiger charge is 2.28. The summed E-state index contributed by atoms with van der Waals surface area (Å²) in [7, 11) is 0. The number of rotatable bonds is 4. The summed E-state index contributed by atoms with van der Waals surface area (Å²) in [6.07, 6.45) is 7.28. The van der Waals surface area contributed by atoms with E-state index in [-0.39, 0.29) is 0 Å². The van der Waals surface area contributed by atoms with Crippen molar-refractivity contribution in [1.29, 1.82) is 5.26 Å². The second-order valence-corrected chi connectivity index (χ2v) is 6.47. The minimum Gasteiger partial charge on any atom is -0.353 e. The molecule has 0 unspecified atom stereocenters. The van der Waals surface area contributed by atoms with E-state index in [0.29, 0.717) is 6.04 Å². The van der Waals surface area contributed by atoms with Crippen LogP contribution < -0.4 is 4.90 Å². The van der Waals surface area contributed by atoms with Crippen molar-refractivity contribution in [2.45, 2.75) is 58.4 Å². The van der Waals surface area contributed by atoms with E-state index in [4.69, 9.17) is 4.98 Å². The van der Waals surface area contributed by atoms with Gasteiger partial charge in [-0.25, -0.2) is 4.98 Å². The Labute approximate surface area is 121 Å². The first-order valence-electron chi connectivity index (χ1n) is 7.88. The molecule has 1 heterocycles. The van der Waals surface area contributed by atoms with Gasteiger partial charge in [-0.3, -0.25) is 0 Å². The normalized spacial score (nSPS) is 17.7. The second kappa shape index (κ2) is 5.44. The number of hydrogen-bond donors (Lipinski definition) is 0. The van der Waals surface area contributed by atoms with Gasteiger partial charge in [-0.15, -0.1) is 0 Å². The van der Waals surface area contributed by atoms with Crippen molar-refractivity contribution in [3.63, 3.8) is 0 Å². The van der Waals surface area contributed by atoms with Gasteiger partial charge in [-0.2, -0.15) is 5.26 Å². The highest BCUT2D eigenvalue weighted by atomic mass is 15.2. The van der Waals surface area contributed by atoms with Crippen LogP contribution in [0.3, 0.4) is 0 Å². The van der Waals surface area contributed by atoms with E-state index in [0.717, 1.165) is 36.7 Å². The first-order chi connectivity index (χ1) is 9.69. The third-order valence-corrected chi connectivity index (χ3v) is 4.45. The molecule has 0 amide bonds. The Morgan fingerprint density at radius 2 is 2.10 bits per heavy atom. The van der Waals surface area contributed by atoms with Gasteiger partial charge in [-0.1, -0.05) is 0 Å². The number of pyridine rings is 1. The molecular weight excluding hydrogens is 246 g/mol. The number of aryl methyl sites for hydroxylation is 2. The molecule has 0 aliphatic heterocycles. The van der Waals surface area contributed by atoms with Crippen molar-refractivity contribution < 1.29 is 0 Å². The van der Waals surface area contributed by atoms with Crippen LogP contribution in [-0.2, 0) is 12.8 Å². The zero-order chi connectivity index (χ0) is 14.1. The highest BCUT2D eigenvalue weighted by Crippen LogP contribution is 2.34. The molecule has 3 nitrogen and oxygen atoms in total. The number of nitriles is 1. The van der Waals surface area contributed by atoms with E-state index >= 15 is 0 Å². The SMILES string of the molecule is CC(C)N(CC1CC1)c1nc2c(cc1C#N)CCCC2. The fourth-order valence-electron chi connectivity index (χ4n) is 3.04. The quantitative estimate of drug-likeness (QED) is 0.840. The Kier molecular flexibility index (Phi) is 3.65. The van der Waals surface area contributed by atoms with Gasteiger partial charge in [0.1, 0.15) is 11.9 Å². The van der Waals surface area contributed by atoms with Crippen molar-refractivity contribution in [3.05, 3.63) is 22.9 Å². The molecule has 1 aromatic rings. The summed E-state index contributed by atoms with van der Waals surface area (Å²) in [5.41, 5.74) is 3.29. The molecule has 0 saturated heterocycles. The Bertz CT molecular complexity index is 538. The van der Waals surface area contributed by atoms with Crippen LogP contribution in [0.4, 0.5) is 5.82 Å². The lowest BCUT2D eigenvalue weighted by atomic mass is 9.94. The monoisotopic (exact) mass is 269 g/mol. The summed E-state index contributed by atoms with van der Waals surface area (Å²) in [6.45, 7) is 5.45. The first-order valence-corrected chi connectivity index (χ1v) is 7.88. The van der Waals surface area contributed by atoms with Crippen molar-refractivity contribution in [1.82, 2.24) is 4.98 Å². The number of anilines is 1. The smallest absolute Gasteiger partial charge is 0.147 e. The maximum Gasteiger partial charge on any atom is 0.147 e. The Morgan fingerprint density at radius 3 is 2.75 bits per heavy atom. The lowest BCUT2D eigenvalue weighted by Gasteiger charge is -2.30. The standard InChI is InChI=1S/C17H23N3/c1-12(2)20(11-13-7-8-13)17-15(10-18)9-14-5-3-4-6-16(14)19-17/h9,12-13H,3-8,11H2,1-2H3. The first kappa shape index (κ1) is 13.4. The van der Waals surface area contributed by atoms with Crippen LogP contribution >= 0.6 is 0 Å². The molecule has 0 atom stereocenters. The largest absolute Gasteiger partial charge is 0.353 e. The van der Waals surface area contributed by atoms with Gasteiger partial charge in [0.2, 0.25) is 0 Å². The molecule has 0 bridgehead atoms. The summed E-state index contributed by atoms with van der Waals surface area (Å²) in [4.78, 5) is 7.23. The van der Waals surface area contributed by atoms with E-state index in [2.05, 4.69) is 30.9 Å². The molecular formula is C17H23N3. The van der Waals surface area contributed by atoms with Crippen LogP contribution in [0.15, 0.2) is 6.07 Å². The van der Waals surface area contributed by atoms with Crippen LogP contribution in [0.5, 0.6) is 0 Å². The third kappa shape index (κ3) is 2.65. The van der Waals surface area contributed by atoms with Gasteiger partial charge in [-0.05, 0) is 69.9 Å². The van der Waals surface area contributed by atoms with Crippen LogP contribution in [0.25, 0.3) is 0 Å². The van der Waals surface area contributed by atoms with E-state index in [1.165, 1.54) is 36.9 Å². The van der Waals surface area contributed by atoms with E-state index in [1.807, 2.05) is 0 Å². The van der Waals surface area contributed by atoms with Gasteiger partial charge in [0.15, 0.2) is 0 Å². The van der Waals surface area contributed by atoms with Gasteiger partial charge in [0, 0.05) is 18.3 Å². The van der Waals surface area contributed by atoms with Crippen LogP contribution in [-0.4, -0.2) is 17.6 Å². The zero-order valence-electron chi connectivity index (χ0n) is 12.5. The lowest BCUT2D eigenvalue weighted by Crippen LogP contribution is -2.34. The van der Waals surface area contributed by atoms with Gasteiger partial charge in [0.05, 0.1) is 5.56 Å². The molecule has 3 heteroatoms. The molecule has 2 aliphatic rings. The molecule has 20 heavy (non-hydrogen) atoms. The van der Waals surface area contributed by atoms with Crippen molar-refractivity contribution in [2.75, 3.05) is 11.4 Å². The summed E-state index contributed by atoms with van der Waals surface area (Å²) in [5, 5.41) is 9.48. The van der Waals surface area contributed by atoms with Gasteiger partial charge >= 0.3 is 0 Å². The Morgan fingerprint density at radius 1 is 1.35 bits per heavy atom. The van der Waals surface area contributed by atoms with E-state index in [1.54, 1.807) is 0 Å². The molecule has 0 radical (unpaired) electrons. The van der Waals surface area contributed by atoms with Gasteiger partial charge < -0.3 is 4.90 Å². The lowest BCUT2D eigenvalue weighted by molar-refractivity contribution is 0.624. The topological polar surface area (TPSA) is 39.9 Å². The van der Waals surface area contributed by atoms with Gasteiger partial charge in [0.25, 0.3) is 0 Å². The molecule has 0 spiro atoms. The molecule has 1 aromatic heterocycles. The molecule has 2 aliphatic carbocycles. The minimum atomic E-state index is 0.400. The highest BCUT2D eigenvalue weighted by molar-refractivity contribution is 5.57. The number of hydrogen-bond acceptors (Lipinski definition) is 3. The summed E-state index contributed by atoms with van der Waals surface area (Å²) < 4.78 is 0. The van der Waals surface area contributed by atoms with Crippen molar-refractivity contribution in [2.24, 2.45) is 5.92 Å². The third-order valence-electron chi connectivity index (χ3n) is 4.45. The zero-order valence-corrected chi connectivity index (χ0v) is 12.5. The van der Waals surface area contributed by atoms with Crippen molar-refractivity contribution in [3.8, 4) is 6.07 Å². The summed E-state index contributed by atoms with van der Waals surface area (Å²) >= 11 is 0. The van der Waals surface area contributed by atoms with Crippen LogP contribution in [0.2, 0.25) is 0 Å². The average molecular weight is 269 g/mol. The van der Waals surface area contributed by atoms with Crippen molar-refractivity contribution >= 4 is 5.82 Å². The molecule has 3 rings (SSSR count). The fraction of sp³-hybridized carbons (Fsp3) is 0.647. The Balaban J connectivity index is 1.98. The Hall–Kier alpha value is -1.56. The predicted octanol–water partition coefficient (Wildman–Crippen LogP) is 3.46. The second-order valence-electron chi connectivity index (χ2n) is 6.47. The van der Waals surface area contributed by atoms with E-state index in [9.17, 15) is 5.26 Å². The van der Waals surface area contributed by atoms with Crippen LogP contribution in [0.1, 0.15) is 56.4 Å². The van der Waals surface area contributed by atoms with Crippen LogP contribution in [0, 0.1) is 17.2 Å². The summed E-state index contributed by atoms with van der Waals surface area (Å²) in [5.74, 6) is 1.73. The number of aromatic nitrogens is 1. The minimum absolute atomic E-state index is 0.400. The fourth-order valence-corrected chi connectivity index (χ4v) is 3.04. The average Bonchev–Trinajstić information content (AvgIpc) is 3.27.